The van der Waals surface area contributed by atoms with Crippen molar-refractivity contribution in [3.05, 3.63) is 41.7 Å². The van der Waals surface area contributed by atoms with Crippen molar-refractivity contribution < 1.29 is 4.79 Å². The molecule has 0 saturated carbocycles. The summed E-state index contributed by atoms with van der Waals surface area (Å²) < 4.78 is 1.97. The Hall–Kier alpha value is -1.90. The van der Waals surface area contributed by atoms with Crippen molar-refractivity contribution in [2.24, 2.45) is 0 Å². The zero-order valence-corrected chi connectivity index (χ0v) is 11.1. The number of Topliss-reactive ketones (excluding diaryl/α,β-unsaturated/α-hetero) is 1. The van der Waals surface area contributed by atoms with Crippen molar-refractivity contribution in [3.63, 3.8) is 0 Å². The predicted octanol–water partition coefficient (Wildman–Crippen LogP) is 3.47. The first-order chi connectivity index (χ1) is 8.67. The average Bonchev–Trinajstić information content (AvgIpc) is 2.79. The number of hydrogen-bond donors (Lipinski definition) is 0. The summed E-state index contributed by atoms with van der Waals surface area (Å²) in [5.41, 5.74) is 4.18. The summed E-state index contributed by atoms with van der Waals surface area (Å²) in [5.74, 6) is 0.183. The van der Waals surface area contributed by atoms with E-state index in [0.29, 0.717) is 6.42 Å². The molecule has 0 radical (unpaired) electrons. The fourth-order valence-corrected chi connectivity index (χ4v) is 2.09. The maximum Gasteiger partial charge on any atom is 0.162 e. The quantitative estimate of drug-likeness (QED) is 0.769. The van der Waals surface area contributed by atoms with Gasteiger partial charge in [-0.15, -0.1) is 0 Å². The van der Waals surface area contributed by atoms with Crippen molar-refractivity contribution in [3.8, 4) is 11.1 Å². The highest BCUT2D eigenvalue weighted by Crippen LogP contribution is 2.23. The van der Waals surface area contributed by atoms with E-state index >= 15 is 0 Å². The summed E-state index contributed by atoms with van der Waals surface area (Å²) in [6, 6.07) is 7.77. The van der Waals surface area contributed by atoms with Gasteiger partial charge in [-0.05, 0) is 19.4 Å². The number of nitrogens with zero attached hydrogens (tertiary/aromatic N) is 2. The van der Waals surface area contributed by atoms with Gasteiger partial charge in [0.1, 0.15) is 0 Å². The molecule has 18 heavy (non-hydrogen) atoms. The molecule has 0 saturated heterocycles. The van der Waals surface area contributed by atoms with Gasteiger partial charge in [-0.25, -0.2) is 0 Å². The van der Waals surface area contributed by atoms with E-state index < -0.39 is 0 Å². The Bertz CT molecular complexity index is 552. The van der Waals surface area contributed by atoms with Gasteiger partial charge in [0.15, 0.2) is 5.78 Å². The molecule has 0 bridgehead atoms. The Labute approximate surface area is 107 Å². The number of aryl methyl sites for hydroxylation is 1. The number of rotatable bonds is 4. The van der Waals surface area contributed by atoms with Crippen LogP contribution < -0.4 is 0 Å². The normalized spacial score (nSPS) is 10.6. The monoisotopic (exact) mass is 242 g/mol. The lowest BCUT2D eigenvalue weighted by Crippen LogP contribution is -1.98. The minimum atomic E-state index is 0.183. The van der Waals surface area contributed by atoms with Crippen LogP contribution in [-0.2, 0) is 6.54 Å². The van der Waals surface area contributed by atoms with E-state index in [-0.39, 0.29) is 5.78 Å². The van der Waals surface area contributed by atoms with Crippen LogP contribution in [-0.4, -0.2) is 15.6 Å². The molecule has 0 N–H and O–H groups in total. The van der Waals surface area contributed by atoms with Crippen molar-refractivity contribution >= 4 is 5.78 Å². The maximum atomic E-state index is 11.6. The Balaban J connectivity index is 2.34. The van der Waals surface area contributed by atoms with Crippen LogP contribution in [0.4, 0.5) is 0 Å². The first-order valence-electron chi connectivity index (χ1n) is 6.33. The SMILES string of the molecule is CCC(=O)c1ccc(-c2cnn(CC)c2C)cc1. The summed E-state index contributed by atoms with van der Waals surface area (Å²) in [6.07, 6.45) is 2.43. The van der Waals surface area contributed by atoms with Crippen molar-refractivity contribution in [1.29, 1.82) is 0 Å². The van der Waals surface area contributed by atoms with Crippen LogP contribution in [0.3, 0.4) is 0 Å². The molecule has 1 aromatic heterocycles. The molecule has 0 unspecified atom stereocenters. The highest BCUT2D eigenvalue weighted by molar-refractivity contribution is 5.96. The lowest BCUT2D eigenvalue weighted by atomic mass is 10.0. The zero-order chi connectivity index (χ0) is 13.1. The summed E-state index contributed by atoms with van der Waals surface area (Å²) in [5, 5.41) is 4.33. The van der Waals surface area contributed by atoms with E-state index in [9.17, 15) is 4.79 Å². The van der Waals surface area contributed by atoms with Gasteiger partial charge in [0.25, 0.3) is 0 Å². The fraction of sp³-hybridized carbons (Fsp3) is 0.333. The lowest BCUT2D eigenvalue weighted by molar-refractivity contribution is 0.0988. The maximum absolute atomic E-state index is 11.6. The molecule has 0 aliphatic rings. The third kappa shape index (κ3) is 2.21. The van der Waals surface area contributed by atoms with Crippen molar-refractivity contribution in [2.75, 3.05) is 0 Å². The molecule has 0 fully saturated rings. The first-order valence-corrected chi connectivity index (χ1v) is 6.33. The predicted molar refractivity (Wildman–Crippen MR) is 72.7 cm³/mol. The third-order valence-electron chi connectivity index (χ3n) is 3.24. The van der Waals surface area contributed by atoms with Gasteiger partial charge < -0.3 is 0 Å². The minimum Gasteiger partial charge on any atom is -0.294 e. The molecule has 94 valence electrons. The molecule has 0 aliphatic carbocycles. The summed E-state index contributed by atoms with van der Waals surface area (Å²) in [6.45, 7) is 6.90. The summed E-state index contributed by atoms with van der Waals surface area (Å²) >= 11 is 0. The van der Waals surface area contributed by atoms with Crippen LogP contribution in [0, 0.1) is 6.92 Å². The highest BCUT2D eigenvalue weighted by Gasteiger charge is 2.08. The Kier molecular flexibility index (Phi) is 3.60. The van der Waals surface area contributed by atoms with Crippen molar-refractivity contribution in [2.45, 2.75) is 33.7 Å². The first kappa shape index (κ1) is 12.6. The zero-order valence-electron chi connectivity index (χ0n) is 11.1. The molecule has 3 heteroatoms. The molecule has 1 aromatic carbocycles. The van der Waals surface area contributed by atoms with Gasteiger partial charge >= 0.3 is 0 Å². The number of benzene rings is 1. The third-order valence-corrected chi connectivity index (χ3v) is 3.24. The van der Waals surface area contributed by atoms with Crippen LogP contribution in [0.1, 0.15) is 36.3 Å². The van der Waals surface area contributed by atoms with E-state index in [2.05, 4.69) is 18.9 Å². The number of aromatic nitrogens is 2. The van der Waals surface area contributed by atoms with Gasteiger partial charge in [0.2, 0.25) is 0 Å². The molecule has 0 spiro atoms. The molecule has 2 aromatic rings. The fourth-order valence-electron chi connectivity index (χ4n) is 2.09. The Morgan fingerprint density at radius 3 is 2.39 bits per heavy atom. The van der Waals surface area contributed by atoms with E-state index in [0.717, 1.165) is 28.9 Å². The molecular weight excluding hydrogens is 224 g/mol. The van der Waals surface area contributed by atoms with E-state index in [4.69, 9.17) is 0 Å². The van der Waals surface area contributed by atoms with Crippen molar-refractivity contribution in [1.82, 2.24) is 9.78 Å². The van der Waals surface area contributed by atoms with Gasteiger partial charge in [-0.1, -0.05) is 31.2 Å². The lowest BCUT2D eigenvalue weighted by Gasteiger charge is -2.04. The molecule has 0 atom stereocenters. The second-order valence-electron chi connectivity index (χ2n) is 4.31. The molecular formula is C15H18N2O. The number of carbonyl (C=O) groups excluding carboxylic acids is 1. The highest BCUT2D eigenvalue weighted by atomic mass is 16.1. The van der Waals surface area contributed by atoms with Crippen LogP contribution in [0.2, 0.25) is 0 Å². The standard InChI is InChI=1S/C15H18N2O/c1-4-15(18)13-8-6-12(7-9-13)14-10-16-17(5-2)11(14)3/h6-10H,4-5H2,1-3H3. The van der Waals surface area contributed by atoms with Crippen LogP contribution >= 0.6 is 0 Å². The molecule has 1 heterocycles. The topological polar surface area (TPSA) is 34.9 Å². The van der Waals surface area contributed by atoms with E-state index in [1.54, 1.807) is 0 Å². The molecule has 0 aliphatic heterocycles. The van der Waals surface area contributed by atoms with Gasteiger partial charge in [-0.3, -0.25) is 9.48 Å². The van der Waals surface area contributed by atoms with Crippen LogP contribution in [0.15, 0.2) is 30.5 Å². The van der Waals surface area contributed by atoms with Gasteiger partial charge in [0, 0.05) is 29.8 Å². The van der Waals surface area contributed by atoms with Crippen LogP contribution in [0.25, 0.3) is 11.1 Å². The number of carbonyl (C=O) groups is 1. The Morgan fingerprint density at radius 1 is 1.22 bits per heavy atom. The number of ketones is 1. The second-order valence-corrected chi connectivity index (χ2v) is 4.31. The average molecular weight is 242 g/mol. The number of hydrogen-bond acceptors (Lipinski definition) is 2. The summed E-state index contributed by atoms with van der Waals surface area (Å²) in [7, 11) is 0. The summed E-state index contributed by atoms with van der Waals surface area (Å²) in [4.78, 5) is 11.6. The molecule has 3 nitrogen and oxygen atoms in total. The van der Waals surface area contributed by atoms with E-state index in [1.165, 1.54) is 0 Å². The molecule has 2 rings (SSSR count). The van der Waals surface area contributed by atoms with Crippen LogP contribution in [0.5, 0.6) is 0 Å². The van der Waals surface area contributed by atoms with Gasteiger partial charge in [0.05, 0.1) is 6.20 Å². The Morgan fingerprint density at radius 2 is 1.89 bits per heavy atom. The van der Waals surface area contributed by atoms with E-state index in [1.807, 2.05) is 42.1 Å². The minimum absolute atomic E-state index is 0.183. The second kappa shape index (κ2) is 5.17. The van der Waals surface area contributed by atoms with Gasteiger partial charge in [-0.2, -0.15) is 5.10 Å². The largest absolute Gasteiger partial charge is 0.294 e. The smallest absolute Gasteiger partial charge is 0.162 e. The molecule has 0 amide bonds.